The molecule has 1 saturated carbocycles. The van der Waals surface area contributed by atoms with Crippen molar-refractivity contribution in [2.24, 2.45) is 0 Å². The highest BCUT2D eigenvalue weighted by Gasteiger charge is 2.43. The number of aromatic nitrogens is 7. The van der Waals surface area contributed by atoms with E-state index in [1.54, 1.807) is 19.4 Å². The van der Waals surface area contributed by atoms with Gasteiger partial charge in [-0.1, -0.05) is 6.07 Å². The van der Waals surface area contributed by atoms with E-state index in [4.69, 9.17) is 9.72 Å². The Kier molecular flexibility index (Phi) is 7.38. The number of ether oxygens (including phenoxy) is 1. The number of aryl methyl sites for hydroxylation is 2. The molecule has 0 unspecified atom stereocenters. The molecule has 1 fully saturated rings. The van der Waals surface area contributed by atoms with Crippen molar-refractivity contribution in [2.75, 3.05) is 12.4 Å². The van der Waals surface area contributed by atoms with Gasteiger partial charge in [-0.3, -0.25) is 9.89 Å². The SMILES string of the molecule is CO[C@]1(C(=O)N[C@@H](C)c2ccc(-n3cc(F)cn3)nc2)CC[C@H](c2cc(C)nc(Nc3cc(C)[nH]n3)n2)CC1. The molecule has 1 aliphatic carbocycles. The summed E-state index contributed by atoms with van der Waals surface area (Å²) in [6.45, 7) is 5.77. The Labute approximate surface area is 225 Å². The van der Waals surface area contributed by atoms with Gasteiger partial charge in [0.1, 0.15) is 5.60 Å². The van der Waals surface area contributed by atoms with Crippen molar-refractivity contribution in [1.29, 1.82) is 0 Å². The normalized spacial score (nSPS) is 20.0. The van der Waals surface area contributed by atoms with Gasteiger partial charge >= 0.3 is 0 Å². The Morgan fingerprint density at radius 1 is 1.21 bits per heavy atom. The molecule has 4 aromatic heterocycles. The van der Waals surface area contributed by atoms with Crippen LogP contribution < -0.4 is 10.6 Å². The average molecular weight is 534 g/mol. The maximum atomic E-state index is 13.4. The topological polar surface area (TPSA) is 136 Å². The summed E-state index contributed by atoms with van der Waals surface area (Å²) in [5.41, 5.74) is 2.66. The van der Waals surface area contributed by atoms with E-state index in [1.807, 2.05) is 39.0 Å². The van der Waals surface area contributed by atoms with Gasteiger partial charge in [0.25, 0.3) is 5.91 Å². The molecule has 0 bridgehead atoms. The Balaban J connectivity index is 1.22. The summed E-state index contributed by atoms with van der Waals surface area (Å²) < 4.78 is 20.5. The van der Waals surface area contributed by atoms with E-state index in [0.717, 1.165) is 41.7 Å². The number of carbonyl (C=O) groups excluding carboxylic acids is 1. The van der Waals surface area contributed by atoms with E-state index in [0.29, 0.717) is 30.4 Å². The second-order valence-corrected chi connectivity index (χ2v) is 10.0. The molecule has 11 nitrogen and oxygen atoms in total. The molecule has 39 heavy (non-hydrogen) atoms. The zero-order valence-corrected chi connectivity index (χ0v) is 22.4. The minimum Gasteiger partial charge on any atom is -0.368 e. The first kappa shape index (κ1) is 26.4. The van der Waals surface area contributed by atoms with Crippen molar-refractivity contribution in [3.63, 3.8) is 0 Å². The number of methoxy groups -OCH3 is 1. The number of hydrogen-bond donors (Lipinski definition) is 3. The Morgan fingerprint density at radius 2 is 2.00 bits per heavy atom. The predicted molar refractivity (Wildman–Crippen MR) is 142 cm³/mol. The van der Waals surface area contributed by atoms with E-state index in [9.17, 15) is 9.18 Å². The van der Waals surface area contributed by atoms with Gasteiger partial charge < -0.3 is 15.4 Å². The molecule has 12 heteroatoms. The fraction of sp³-hybridized carbons (Fsp3) is 0.407. The quantitative estimate of drug-likeness (QED) is 0.307. The number of anilines is 2. The molecule has 0 aromatic carbocycles. The first-order valence-corrected chi connectivity index (χ1v) is 12.9. The zero-order chi connectivity index (χ0) is 27.6. The molecule has 4 aromatic rings. The number of nitrogens with one attached hydrogen (secondary N) is 3. The van der Waals surface area contributed by atoms with Crippen LogP contribution in [0.15, 0.2) is 42.9 Å². The molecular formula is C27H32FN9O2. The van der Waals surface area contributed by atoms with Crippen LogP contribution in [0.4, 0.5) is 16.2 Å². The highest BCUT2D eigenvalue weighted by Crippen LogP contribution is 2.40. The lowest BCUT2D eigenvalue weighted by molar-refractivity contribution is -0.148. The Bertz CT molecular complexity index is 1440. The predicted octanol–water partition coefficient (Wildman–Crippen LogP) is 4.20. The number of halogens is 1. The van der Waals surface area contributed by atoms with Crippen molar-refractivity contribution in [3.05, 3.63) is 71.3 Å². The number of nitrogens with zero attached hydrogens (tertiary/aromatic N) is 6. The molecule has 3 N–H and O–H groups in total. The van der Waals surface area contributed by atoms with Crippen molar-refractivity contribution < 1.29 is 13.9 Å². The Hall–Kier alpha value is -4.19. The maximum absolute atomic E-state index is 13.4. The van der Waals surface area contributed by atoms with Gasteiger partial charge in [0.05, 0.1) is 18.4 Å². The third-order valence-corrected chi connectivity index (χ3v) is 7.24. The van der Waals surface area contributed by atoms with E-state index >= 15 is 0 Å². The van der Waals surface area contributed by atoms with E-state index in [2.05, 4.69) is 35.9 Å². The summed E-state index contributed by atoms with van der Waals surface area (Å²) in [6, 6.07) is 7.19. The molecule has 5 rings (SSSR count). The first-order valence-electron chi connectivity index (χ1n) is 12.9. The van der Waals surface area contributed by atoms with Crippen LogP contribution in [0, 0.1) is 19.7 Å². The maximum Gasteiger partial charge on any atom is 0.252 e. The van der Waals surface area contributed by atoms with Crippen molar-refractivity contribution in [1.82, 2.24) is 40.2 Å². The highest BCUT2D eigenvalue weighted by atomic mass is 19.1. The number of carbonyl (C=O) groups is 1. The van der Waals surface area contributed by atoms with Gasteiger partial charge in [-0.05, 0) is 64.2 Å². The number of hydrogen-bond acceptors (Lipinski definition) is 8. The summed E-state index contributed by atoms with van der Waals surface area (Å²) in [5, 5.41) is 17.3. The number of pyridine rings is 1. The van der Waals surface area contributed by atoms with E-state index < -0.39 is 11.4 Å². The first-order chi connectivity index (χ1) is 18.7. The molecule has 4 heterocycles. The van der Waals surface area contributed by atoms with Crippen molar-refractivity contribution in [3.8, 4) is 5.82 Å². The standard InChI is InChI=1S/C27H32FN9O2/c1-16-11-22(33-26(31-16)34-23-12-17(2)35-36-23)19-7-9-27(39-4,10-8-19)25(38)32-18(3)20-5-6-24(29-13-20)37-15-21(28)14-30-37/h5-6,11-15,18-19H,7-10H2,1-4H3,(H,32,38)(H2,31,33,34,35,36)/t18-,19-,27+/m0/s1. The fourth-order valence-electron chi connectivity index (χ4n) is 4.99. The molecule has 0 spiro atoms. The minimum atomic E-state index is -0.916. The fourth-order valence-corrected chi connectivity index (χ4v) is 4.99. The molecule has 0 aliphatic heterocycles. The van der Waals surface area contributed by atoms with Crippen LogP contribution in [0.25, 0.3) is 5.82 Å². The monoisotopic (exact) mass is 533 g/mol. The van der Waals surface area contributed by atoms with Crippen molar-refractivity contribution in [2.45, 2.75) is 64.0 Å². The third-order valence-electron chi connectivity index (χ3n) is 7.24. The second-order valence-electron chi connectivity index (χ2n) is 10.0. The van der Waals surface area contributed by atoms with Crippen LogP contribution in [-0.4, -0.2) is 53.5 Å². The summed E-state index contributed by atoms with van der Waals surface area (Å²) in [5.74, 6) is 1.26. The molecule has 0 radical (unpaired) electrons. The van der Waals surface area contributed by atoms with Crippen LogP contribution in [0.2, 0.25) is 0 Å². The molecule has 0 saturated heterocycles. The summed E-state index contributed by atoms with van der Waals surface area (Å²) >= 11 is 0. The smallest absolute Gasteiger partial charge is 0.252 e. The van der Waals surface area contributed by atoms with Gasteiger partial charge in [0.2, 0.25) is 5.95 Å². The average Bonchev–Trinajstić information content (AvgIpc) is 3.55. The van der Waals surface area contributed by atoms with Gasteiger partial charge in [-0.15, -0.1) is 0 Å². The second kappa shape index (κ2) is 10.9. The van der Waals surface area contributed by atoms with Gasteiger partial charge in [-0.2, -0.15) is 10.2 Å². The summed E-state index contributed by atoms with van der Waals surface area (Å²) in [6.07, 6.45) is 6.68. The summed E-state index contributed by atoms with van der Waals surface area (Å²) in [4.78, 5) is 27.0. The van der Waals surface area contributed by atoms with Crippen LogP contribution in [0.1, 0.15) is 67.2 Å². The van der Waals surface area contributed by atoms with E-state index in [1.165, 1.54) is 10.9 Å². The van der Waals surface area contributed by atoms with E-state index in [-0.39, 0.29) is 17.9 Å². The Morgan fingerprint density at radius 3 is 2.62 bits per heavy atom. The lowest BCUT2D eigenvalue weighted by Gasteiger charge is -2.38. The molecule has 1 amide bonds. The molecular weight excluding hydrogens is 501 g/mol. The summed E-state index contributed by atoms with van der Waals surface area (Å²) in [7, 11) is 1.59. The van der Waals surface area contributed by atoms with Crippen molar-refractivity contribution >= 4 is 17.7 Å². The highest BCUT2D eigenvalue weighted by molar-refractivity contribution is 5.85. The lowest BCUT2D eigenvalue weighted by atomic mass is 9.76. The van der Waals surface area contributed by atoms with Crippen LogP contribution in [0.3, 0.4) is 0 Å². The zero-order valence-electron chi connectivity index (χ0n) is 22.4. The van der Waals surface area contributed by atoms with Gasteiger partial charge in [0, 0.05) is 42.4 Å². The van der Waals surface area contributed by atoms with Crippen LogP contribution in [-0.2, 0) is 9.53 Å². The van der Waals surface area contributed by atoms with Crippen LogP contribution >= 0.6 is 0 Å². The molecule has 1 aliphatic rings. The number of aromatic amines is 1. The van der Waals surface area contributed by atoms with Gasteiger partial charge in [-0.25, -0.2) is 24.0 Å². The van der Waals surface area contributed by atoms with Crippen LogP contribution in [0.5, 0.6) is 0 Å². The number of rotatable bonds is 8. The molecule has 1 atom stereocenters. The minimum absolute atomic E-state index is 0.149. The number of H-pyrrole nitrogens is 1. The largest absolute Gasteiger partial charge is 0.368 e. The third kappa shape index (κ3) is 5.80. The van der Waals surface area contributed by atoms with Gasteiger partial charge in [0.15, 0.2) is 17.5 Å². The molecule has 204 valence electrons. The number of amides is 1. The lowest BCUT2D eigenvalue weighted by Crippen LogP contribution is -2.50.